The number of aryl methyl sites for hydroxylation is 4. The van der Waals surface area contributed by atoms with Crippen LogP contribution >= 0.6 is 0 Å². The summed E-state index contributed by atoms with van der Waals surface area (Å²) in [6.45, 7) is 9.85. The molecule has 5 heterocycles. The van der Waals surface area contributed by atoms with Crippen LogP contribution in [-0.4, -0.2) is 195 Å². The number of nitrogens with zero attached hydrogens (tertiary/aromatic N) is 7. The van der Waals surface area contributed by atoms with E-state index in [1.807, 2.05) is 140 Å². The second-order valence-electron chi connectivity index (χ2n) is 34.6. The van der Waals surface area contributed by atoms with Crippen molar-refractivity contribution in [2.75, 3.05) is 87.1 Å². The minimum absolute atomic E-state index is 0.0309. The third-order valence-electron chi connectivity index (χ3n) is 24.7. The maximum atomic E-state index is 12.5. The number of amidine groups is 4. The van der Waals surface area contributed by atoms with E-state index in [0.717, 1.165) is 148 Å². The smallest absolute Gasteiger partial charge is 0.413 e. The molecule has 26 nitrogen and oxygen atoms in total. The molecule has 7 aromatic rings. The molecule has 0 spiro atoms. The van der Waals surface area contributed by atoms with Gasteiger partial charge in [-0.3, -0.25) is 39.7 Å². The normalized spacial score (nSPS) is 16.9. The van der Waals surface area contributed by atoms with Crippen molar-refractivity contribution in [3.05, 3.63) is 249 Å². The fraction of sp³-hybridized carbons (Fsp3) is 0.470. The summed E-state index contributed by atoms with van der Waals surface area (Å²) in [7, 11) is 8.63. The lowest BCUT2D eigenvalue weighted by molar-refractivity contribution is -0.121. The van der Waals surface area contributed by atoms with Gasteiger partial charge < -0.3 is 73.7 Å². The van der Waals surface area contributed by atoms with Gasteiger partial charge in [-0.25, -0.2) is 9.59 Å². The summed E-state index contributed by atoms with van der Waals surface area (Å²) in [5.74, 6) is 3.70. The van der Waals surface area contributed by atoms with Crippen molar-refractivity contribution >= 4 is 64.4 Å². The maximum Gasteiger partial charge on any atom is 0.413 e. The second kappa shape index (κ2) is 53.6. The SMILES string of the molecule is CN1CCC(CC[C@H](N)C(=O)CCc2ccc(C(=N)NC(=O)OCc3ccccc3)cc2)CC1.CN1CCC(CC[C@H](N)C(=O)CCc2ccc(C(N)=NOC(=O)c3ccccc3)cc2)CC1.CN1CCC(CC[C@H](N)C(=O)CCc2ccc(C(N)=NOCc3ccccc3)cc2)CC1.CN1CCC(CC[C@H](N)C(=O)CCc2ccc(C3=NCC(=O)N3)cc2)CC1. The van der Waals surface area contributed by atoms with E-state index in [9.17, 15) is 33.6 Å². The number of likely N-dealkylation sites (tertiary alicyclic amines) is 4. The van der Waals surface area contributed by atoms with Gasteiger partial charge in [-0.05, 0) is 278 Å². The lowest BCUT2D eigenvalue weighted by Gasteiger charge is -2.29. The number of hydrogen-bond acceptors (Lipinski definition) is 22. The first-order chi connectivity index (χ1) is 60.8. The number of carbonyl (C=O) groups excluding carboxylic acids is 7. The average molecular weight is 1720 g/mol. The third kappa shape index (κ3) is 36.3. The zero-order valence-corrected chi connectivity index (χ0v) is 74.4. The van der Waals surface area contributed by atoms with E-state index < -0.39 is 18.1 Å². The highest BCUT2D eigenvalue weighted by Gasteiger charge is 2.26. The van der Waals surface area contributed by atoms with Crippen LogP contribution in [0.5, 0.6) is 0 Å². The molecule has 12 rings (SSSR count). The van der Waals surface area contributed by atoms with Crippen molar-refractivity contribution in [3.8, 4) is 0 Å². The van der Waals surface area contributed by atoms with Gasteiger partial charge in [0.25, 0.3) is 0 Å². The van der Waals surface area contributed by atoms with Crippen LogP contribution in [0.1, 0.15) is 194 Å². The predicted molar refractivity (Wildman–Crippen MR) is 499 cm³/mol. The molecule has 7 aromatic carbocycles. The van der Waals surface area contributed by atoms with Crippen LogP contribution in [0.3, 0.4) is 0 Å². The van der Waals surface area contributed by atoms with Crippen LogP contribution in [0.15, 0.2) is 203 Å². The van der Waals surface area contributed by atoms with Crippen LogP contribution in [0.2, 0.25) is 0 Å². The van der Waals surface area contributed by atoms with E-state index in [2.05, 4.69) is 73.7 Å². The van der Waals surface area contributed by atoms with E-state index >= 15 is 0 Å². The zero-order valence-electron chi connectivity index (χ0n) is 74.4. The number of benzene rings is 7. The Kier molecular flexibility index (Phi) is 42.1. The van der Waals surface area contributed by atoms with Crippen molar-refractivity contribution in [1.82, 2.24) is 30.2 Å². The molecule has 5 aliphatic rings. The Morgan fingerprint density at radius 3 is 1.08 bits per heavy atom. The highest BCUT2D eigenvalue weighted by Crippen LogP contribution is 2.27. The van der Waals surface area contributed by atoms with Gasteiger partial charge in [0.15, 0.2) is 11.7 Å². The quantitative estimate of drug-likeness (QED) is 0.00748. The molecule has 5 aliphatic heterocycles. The summed E-state index contributed by atoms with van der Waals surface area (Å²) >= 11 is 0. The van der Waals surface area contributed by atoms with Crippen LogP contribution in [0.25, 0.3) is 0 Å². The highest BCUT2D eigenvalue weighted by atomic mass is 16.7. The first kappa shape index (κ1) is 99.0. The molecule has 15 N–H and O–H groups in total. The summed E-state index contributed by atoms with van der Waals surface area (Å²) in [6.07, 6.45) is 20.7. The number of aliphatic imine (C=N–C) groups is 1. The molecular weight excluding hydrogens is 1590 g/mol. The first-order valence-corrected chi connectivity index (χ1v) is 45.1. The molecule has 0 unspecified atom stereocenters. The summed E-state index contributed by atoms with van der Waals surface area (Å²) in [5, 5.41) is 21.0. The standard InChI is InChI=1S/C27H36N4O3.C26H34N4O3.C26H36N4O2.C21H30N4O2/c1-31-17-15-21(16-18-31)9-13-24(28)25(32)14-10-20-7-11-23(12-8-20)26(29)30-27(33)34-19-22-5-3-2-4-6-22;1-30-17-15-20(16-18-30)9-13-23(27)24(31)14-10-19-7-11-21(12-8-19)25(28)29-33-26(32)22-5-3-2-4-6-22;1-30-17-15-21(16-18-30)9-13-24(27)25(31)14-10-20-7-11-23(12-8-20)26(28)29-32-19-22-5-3-2-4-6-22;1-25-12-10-16(11-13-25)4-8-18(22)19(26)9-5-15-2-6-17(7-3-15)21-23-14-20(27)24-21/h2-8,11-12,21,24H,9-10,13-19,28H2,1H3,(H2,29,30,33);2-8,11-12,20,23H,9-10,13-18,27H2,1H3,(H2,28,29);2-8,11-12,21,24H,9-10,13-19,27H2,1H3,(H2,28,29);2-3,6-7,16,18H,4-5,8-14,22H2,1H3,(H,23,24,27)/t24-;23-;24-;18-/m0000/s1. The molecule has 0 aromatic heterocycles. The molecule has 0 bridgehead atoms. The summed E-state index contributed by atoms with van der Waals surface area (Å²) in [5.41, 5.74) is 46.0. The van der Waals surface area contributed by atoms with E-state index in [0.29, 0.717) is 110 Å². The zero-order chi connectivity index (χ0) is 90.0. The summed E-state index contributed by atoms with van der Waals surface area (Å²) in [6, 6.07) is 56.6. The van der Waals surface area contributed by atoms with E-state index in [4.69, 9.17) is 54.2 Å². The van der Waals surface area contributed by atoms with Gasteiger partial charge in [-0.15, -0.1) is 0 Å². The van der Waals surface area contributed by atoms with Crippen molar-refractivity contribution in [1.29, 1.82) is 5.41 Å². The number of amides is 2. The molecule has 0 aliphatic carbocycles. The maximum absolute atomic E-state index is 12.5. The van der Waals surface area contributed by atoms with Gasteiger partial charge in [0.1, 0.15) is 54.6 Å². The van der Waals surface area contributed by atoms with Crippen molar-refractivity contribution in [2.24, 2.45) is 73.4 Å². The van der Waals surface area contributed by atoms with Gasteiger partial charge in [0.05, 0.1) is 29.7 Å². The molecule has 4 saturated heterocycles. The molecule has 0 saturated carbocycles. The lowest BCUT2D eigenvalue weighted by Crippen LogP contribution is -2.34. The Bertz CT molecular complexity index is 4580. The average Bonchev–Trinajstić information content (AvgIpc) is 1.63. The van der Waals surface area contributed by atoms with Gasteiger partial charge in [-0.2, -0.15) is 0 Å². The molecule has 0 radical (unpaired) electrons. The number of ketones is 4. The predicted octanol–water partition coefficient (Wildman–Crippen LogP) is 12.0. The first-order valence-electron chi connectivity index (χ1n) is 45.1. The number of alkyl carbamates (subject to hydrolysis) is 1. The lowest BCUT2D eigenvalue weighted by atomic mass is 9.89. The molecule has 26 heteroatoms. The second-order valence-corrected chi connectivity index (χ2v) is 34.6. The highest BCUT2D eigenvalue weighted by molar-refractivity contribution is 6.12. The topological polar surface area (TPSA) is 401 Å². The Balaban J connectivity index is 0.000000191. The van der Waals surface area contributed by atoms with Crippen molar-refractivity contribution < 1.29 is 48.0 Å². The molecule has 2 amide bonds. The van der Waals surface area contributed by atoms with E-state index in [1.165, 1.54) is 51.4 Å². The number of nitrogens with two attached hydrogens (primary N) is 6. The van der Waals surface area contributed by atoms with Crippen LogP contribution < -0.4 is 45.0 Å². The van der Waals surface area contributed by atoms with Gasteiger partial charge in [-0.1, -0.05) is 186 Å². The Morgan fingerprint density at radius 2 is 0.738 bits per heavy atom. The van der Waals surface area contributed by atoms with Crippen LogP contribution in [0.4, 0.5) is 4.79 Å². The summed E-state index contributed by atoms with van der Waals surface area (Å²) < 4.78 is 5.15. The number of oxime groups is 2. The Hall–Kier alpha value is -10.8. The van der Waals surface area contributed by atoms with E-state index in [1.54, 1.807) is 48.5 Å². The Morgan fingerprint density at radius 1 is 0.421 bits per heavy atom. The minimum atomic E-state index is -0.669. The van der Waals surface area contributed by atoms with Gasteiger partial charge >= 0.3 is 12.1 Å². The largest absolute Gasteiger partial charge is 0.444 e. The van der Waals surface area contributed by atoms with Crippen molar-refractivity contribution in [2.45, 2.75) is 191 Å². The van der Waals surface area contributed by atoms with Gasteiger partial charge in [0.2, 0.25) is 5.91 Å². The van der Waals surface area contributed by atoms with Crippen molar-refractivity contribution in [3.63, 3.8) is 0 Å². The van der Waals surface area contributed by atoms with E-state index in [-0.39, 0.29) is 72.0 Å². The third-order valence-corrected chi connectivity index (χ3v) is 24.7. The monoisotopic (exact) mass is 1720 g/mol. The van der Waals surface area contributed by atoms with Crippen LogP contribution in [-0.2, 0) is 77.3 Å². The number of nitrogens with one attached hydrogen (secondary N) is 3. The van der Waals surface area contributed by atoms with Crippen LogP contribution in [0, 0.1) is 29.1 Å². The molecular formula is C100H136N16O10. The number of Topliss-reactive ketones (excluding diaryl/α,β-unsaturated/α-hetero) is 4. The summed E-state index contributed by atoms with van der Waals surface area (Å²) in [4.78, 5) is 109. The number of ether oxygens (including phenoxy) is 1. The number of carbonyl (C=O) groups is 7. The molecule has 4 atom stereocenters. The number of hydrogen-bond donors (Lipinski definition) is 9. The van der Waals surface area contributed by atoms with Gasteiger partial charge in [0, 0.05) is 47.9 Å². The Labute approximate surface area is 745 Å². The molecule has 126 heavy (non-hydrogen) atoms. The molecule has 4 fully saturated rings. The minimum Gasteiger partial charge on any atom is -0.444 e. The number of rotatable bonds is 39. The fourth-order valence-electron chi connectivity index (χ4n) is 15.9. The molecule has 676 valence electrons. The fourth-order valence-corrected chi connectivity index (χ4v) is 15.9. The number of piperidine rings is 4.